The minimum absolute atomic E-state index is 0.214. The first kappa shape index (κ1) is 18.5. The third kappa shape index (κ3) is 5.60. The van der Waals surface area contributed by atoms with E-state index in [1.54, 1.807) is 26.8 Å². The topological polar surface area (TPSA) is 58.2 Å². The summed E-state index contributed by atoms with van der Waals surface area (Å²) in [6, 6.07) is 16.9. The molecule has 0 unspecified atom stereocenters. The van der Waals surface area contributed by atoms with Crippen LogP contribution in [0.2, 0.25) is 0 Å². The van der Waals surface area contributed by atoms with Crippen LogP contribution in [-0.2, 0) is 9.59 Å². The Morgan fingerprint density at radius 2 is 1.52 bits per heavy atom. The fourth-order valence-corrected chi connectivity index (χ4v) is 2.02. The van der Waals surface area contributed by atoms with Gasteiger partial charge in [-0.25, -0.2) is 0 Å². The molecule has 2 aromatic carbocycles. The summed E-state index contributed by atoms with van der Waals surface area (Å²) < 4.78 is 0. The molecule has 130 valence electrons. The van der Waals surface area contributed by atoms with E-state index in [2.05, 4.69) is 10.6 Å². The monoisotopic (exact) mass is 336 g/mol. The Balaban J connectivity index is 2.27. The van der Waals surface area contributed by atoms with Crippen LogP contribution in [0.4, 0.5) is 5.69 Å². The van der Waals surface area contributed by atoms with Crippen LogP contribution in [-0.4, -0.2) is 11.8 Å². The molecular weight excluding hydrogens is 312 g/mol. The summed E-state index contributed by atoms with van der Waals surface area (Å²) in [5, 5.41) is 5.57. The smallest absolute Gasteiger partial charge is 0.272 e. The predicted molar refractivity (Wildman–Crippen MR) is 102 cm³/mol. The van der Waals surface area contributed by atoms with E-state index in [1.165, 1.54) is 0 Å². The molecule has 0 aliphatic heterocycles. The molecule has 2 aromatic rings. The normalized spacial score (nSPS) is 11.8. The zero-order chi connectivity index (χ0) is 18.4. The molecule has 0 bridgehead atoms. The van der Waals surface area contributed by atoms with Crippen molar-refractivity contribution in [3.05, 3.63) is 71.4 Å². The SMILES string of the molecule is Cc1ccc(NC(=O)/C(=C\c2ccccc2)NC(=O)C(C)(C)C)cc1. The molecule has 0 aliphatic rings. The summed E-state index contributed by atoms with van der Waals surface area (Å²) in [4.78, 5) is 25.0. The highest BCUT2D eigenvalue weighted by atomic mass is 16.2. The first-order valence-corrected chi connectivity index (χ1v) is 8.22. The van der Waals surface area contributed by atoms with Gasteiger partial charge in [0.15, 0.2) is 0 Å². The summed E-state index contributed by atoms with van der Waals surface area (Å²) in [6.45, 7) is 7.40. The van der Waals surface area contributed by atoms with Crippen molar-refractivity contribution in [2.24, 2.45) is 5.41 Å². The van der Waals surface area contributed by atoms with Crippen LogP contribution in [0.5, 0.6) is 0 Å². The van der Waals surface area contributed by atoms with Crippen LogP contribution >= 0.6 is 0 Å². The maximum Gasteiger partial charge on any atom is 0.272 e. The number of rotatable bonds is 4. The van der Waals surface area contributed by atoms with E-state index < -0.39 is 5.41 Å². The summed E-state index contributed by atoms with van der Waals surface area (Å²) in [7, 11) is 0. The van der Waals surface area contributed by atoms with Gasteiger partial charge in [0.1, 0.15) is 5.70 Å². The standard InChI is InChI=1S/C21H24N2O2/c1-15-10-12-17(13-11-15)22-19(24)18(23-20(25)21(2,3)4)14-16-8-6-5-7-9-16/h5-14H,1-4H3,(H,22,24)(H,23,25)/b18-14+. The molecule has 0 atom stereocenters. The van der Waals surface area contributed by atoms with Gasteiger partial charge in [-0.3, -0.25) is 9.59 Å². The molecule has 0 radical (unpaired) electrons. The van der Waals surface area contributed by atoms with Gasteiger partial charge >= 0.3 is 0 Å². The Bertz CT molecular complexity index is 770. The molecule has 0 saturated carbocycles. The minimum Gasteiger partial charge on any atom is -0.321 e. The number of aryl methyl sites for hydroxylation is 1. The molecule has 0 fully saturated rings. The van der Waals surface area contributed by atoms with Crippen molar-refractivity contribution < 1.29 is 9.59 Å². The summed E-state index contributed by atoms with van der Waals surface area (Å²) in [5.41, 5.74) is 2.25. The van der Waals surface area contributed by atoms with Crippen molar-refractivity contribution >= 4 is 23.6 Å². The Labute approximate surface area is 149 Å². The third-order valence-electron chi connectivity index (χ3n) is 3.59. The number of carbonyl (C=O) groups excluding carboxylic acids is 2. The number of amides is 2. The zero-order valence-corrected chi connectivity index (χ0v) is 15.1. The van der Waals surface area contributed by atoms with Gasteiger partial charge in [0.05, 0.1) is 0 Å². The summed E-state index contributed by atoms with van der Waals surface area (Å²) >= 11 is 0. The first-order valence-electron chi connectivity index (χ1n) is 8.22. The van der Waals surface area contributed by atoms with Crippen molar-refractivity contribution in [3.63, 3.8) is 0 Å². The lowest BCUT2D eigenvalue weighted by molar-refractivity contribution is -0.128. The van der Waals surface area contributed by atoms with E-state index in [0.717, 1.165) is 11.1 Å². The predicted octanol–water partition coefficient (Wildman–Crippen LogP) is 4.14. The number of hydrogen-bond acceptors (Lipinski definition) is 2. The Hall–Kier alpha value is -2.88. The molecule has 0 spiro atoms. The Kier molecular flexibility index (Phi) is 5.75. The molecule has 0 aliphatic carbocycles. The quantitative estimate of drug-likeness (QED) is 0.825. The molecule has 0 saturated heterocycles. The fraction of sp³-hybridized carbons (Fsp3) is 0.238. The van der Waals surface area contributed by atoms with E-state index in [9.17, 15) is 9.59 Å². The summed E-state index contributed by atoms with van der Waals surface area (Å²) in [6.07, 6.45) is 1.67. The average molecular weight is 336 g/mol. The van der Waals surface area contributed by atoms with Crippen LogP contribution in [0, 0.1) is 12.3 Å². The third-order valence-corrected chi connectivity index (χ3v) is 3.59. The maximum absolute atomic E-state index is 12.7. The highest BCUT2D eigenvalue weighted by Gasteiger charge is 2.24. The van der Waals surface area contributed by atoms with Crippen LogP contribution in [0.3, 0.4) is 0 Å². The highest BCUT2D eigenvalue weighted by Crippen LogP contribution is 2.16. The van der Waals surface area contributed by atoms with Crippen molar-refractivity contribution in [1.82, 2.24) is 5.32 Å². The largest absolute Gasteiger partial charge is 0.321 e. The lowest BCUT2D eigenvalue weighted by Crippen LogP contribution is -2.38. The zero-order valence-electron chi connectivity index (χ0n) is 15.1. The van der Waals surface area contributed by atoms with E-state index in [4.69, 9.17) is 0 Å². The van der Waals surface area contributed by atoms with Gasteiger partial charge in [-0.2, -0.15) is 0 Å². The van der Waals surface area contributed by atoms with Gasteiger partial charge in [0, 0.05) is 11.1 Å². The number of anilines is 1. The molecule has 2 amide bonds. The van der Waals surface area contributed by atoms with Gasteiger partial charge in [0.25, 0.3) is 5.91 Å². The van der Waals surface area contributed by atoms with Crippen molar-refractivity contribution in [3.8, 4) is 0 Å². The maximum atomic E-state index is 12.7. The molecule has 0 heterocycles. The number of nitrogens with one attached hydrogen (secondary N) is 2. The lowest BCUT2D eigenvalue weighted by atomic mass is 9.95. The van der Waals surface area contributed by atoms with Gasteiger partial charge in [-0.15, -0.1) is 0 Å². The molecule has 2 N–H and O–H groups in total. The van der Waals surface area contributed by atoms with Crippen LogP contribution < -0.4 is 10.6 Å². The van der Waals surface area contributed by atoms with Crippen molar-refractivity contribution in [2.75, 3.05) is 5.32 Å². The summed E-state index contributed by atoms with van der Waals surface area (Å²) in [5.74, 6) is -0.570. The van der Waals surface area contributed by atoms with E-state index >= 15 is 0 Å². The van der Waals surface area contributed by atoms with Crippen LogP contribution in [0.15, 0.2) is 60.3 Å². The van der Waals surface area contributed by atoms with Gasteiger partial charge in [-0.05, 0) is 30.7 Å². The van der Waals surface area contributed by atoms with Crippen LogP contribution in [0.1, 0.15) is 31.9 Å². The number of hydrogen-bond donors (Lipinski definition) is 2. The second-order valence-corrected chi connectivity index (χ2v) is 6.99. The van der Waals surface area contributed by atoms with Crippen LogP contribution in [0.25, 0.3) is 6.08 Å². The molecule has 2 rings (SSSR count). The number of carbonyl (C=O) groups is 2. The molecule has 25 heavy (non-hydrogen) atoms. The Morgan fingerprint density at radius 1 is 0.920 bits per heavy atom. The first-order chi connectivity index (χ1) is 11.8. The van der Waals surface area contributed by atoms with Crippen molar-refractivity contribution in [1.29, 1.82) is 0 Å². The lowest BCUT2D eigenvalue weighted by Gasteiger charge is -2.19. The van der Waals surface area contributed by atoms with Crippen molar-refractivity contribution in [2.45, 2.75) is 27.7 Å². The van der Waals surface area contributed by atoms with E-state index in [1.807, 2.05) is 61.5 Å². The molecular formula is C21H24N2O2. The average Bonchev–Trinajstić information content (AvgIpc) is 2.56. The Morgan fingerprint density at radius 3 is 2.08 bits per heavy atom. The fourth-order valence-electron chi connectivity index (χ4n) is 2.02. The molecule has 4 nitrogen and oxygen atoms in total. The molecule has 0 aromatic heterocycles. The van der Waals surface area contributed by atoms with E-state index in [0.29, 0.717) is 5.69 Å². The highest BCUT2D eigenvalue weighted by molar-refractivity contribution is 6.09. The second kappa shape index (κ2) is 7.79. The minimum atomic E-state index is -0.597. The second-order valence-electron chi connectivity index (χ2n) is 6.99. The van der Waals surface area contributed by atoms with Gasteiger partial charge in [0.2, 0.25) is 5.91 Å². The molecule has 4 heteroatoms. The van der Waals surface area contributed by atoms with Gasteiger partial charge in [-0.1, -0.05) is 68.8 Å². The van der Waals surface area contributed by atoms with E-state index in [-0.39, 0.29) is 17.5 Å². The van der Waals surface area contributed by atoms with Gasteiger partial charge < -0.3 is 10.6 Å². The number of benzene rings is 2.